The first-order valence-corrected chi connectivity index (χ1v) is 5.34. The van der Waals surface area contributed by atoms with Gasteiger partial charge in [0, 0.05) is 10.8 Å². The molecule has 0 bridgehead atoms. The van der Waals surface area contributed by atoms with Gasteiger partial charge >= 0.3 is 18.1 Å². The maximum atomic E-state index is 13.4. The fourth-order valence-electron chi connectivity index (χ4n) is 1.09. The van der Waals surface area contributed by atoms with E-state index >= 15 is 0 Å². The first-order chi connectivity index (χ1) is 7.71. The van der Waals surface area contributed by atoms with Crippen molar-refractivity contribution in [2.45, 2.75) is 19.0 Å². The third-order valence-corrected chi connectivity index (χ3v) is 2.58. The minimum atomic E-state index is -4.93. The average molecular weight is 274 g/mol. The Kier molecular flexibility index (Phi) is 3.75. The van der Waals surface area contributed by atoms with E-state index in [0.717, 1.165) is 0 Å². The van der Waals surface area contributed by atoms with E-state index in [9.17, 15) is 26.7 Å². The lowest BCUT2D eigenvalue weighted by molar-refractivity contribution is -0.175. The van der Waals surface area contributed by atoms with E-state index < -0.39 is 29.2 Å². The smallest absolute Gasteiger partial charge is 0.417 e. The summed E-state index contributed by atoms with van der Waals surface area (Å²) >= 11 is 0.448. The second kappa shape index (κ2) is 4.59. The number of esters is 1. The van der Waals surface area contributed by atoms with Gasteiger partial charge in [0.05, 0.1) is 17.7 Å². The monoisotopic (exact) mass is 274 g/mol. The maximum absolute atomic E-state index is 13.4. The van der Waals surface area contributed by atoms with Crippen LogP contribution in [0.3, 0.4) is 0 Å². The summed E-state index contributed by atoms with van der Waals surface area (Å²) in [6, 6.07) is 0. The number of thiophene rings is 1. The highest BCUT2D eigenvalue weighted by molar-refractivity contribution is 7.08. The second-order valence-corrected chi connectivity index (χ2v) is 3.74. The first-order valence-electron chi connectivity index (χ1n) is 4.40. The number of ether oxygens (including phenoxy) is 1. The Morgan fingerprint density at radius 3 is 2.24 bits per heavy atom. The van der Waals surface area contributed by atoms with Gasteiger partial charge in [-0.05, 0) is 6.92 Å². The number of hydrogen-bond donors (Lipinski definition) is 0. The molecule has 0 radical (unpaired) electrons. The van der Waals surface area contributed by atoms with Gasteiger partial charge in [0.15, 0.2) is 0 Å². The van der Waals surface area contributed by atoms with Crippen molar-refractivity contribution in [2.75, 3.05) is 6.61 Å². The highest BCUT2D eigenvalue weighted by Crippen LogP contribution is 2.42. The predicted molar refractivity (Wildman–Crippen MR) is 49.8 cm³/mol. The van der Waals surface area contributed by atoms with Gasteiger partial charge in [-0.2, -0.15) is 33.3 Å². The number of alkyl halides is 5. The quantitative estimate of drug-likeness (QED) is 0.623. The molecule has 0 N–H and O–H groups in total. The summed E-state index contributed by atoms with van der Waals surface area (Å²) < 4.78 is 68.0. The van der Waals surface area contributed by atoms with Crippen LogP contribution in [-0.2, 0) is 21.6 Å². The molecule has 1 rings (SSSR count). The minimum Gasteiger partial charge on any atom is -0.461 e. The lowest BCUT2D eigenvalue weighted by Crippen LogP contribution is -2.30. The van der Waals surface area contributed by atoms with E-state index in [-0.39, 0.29) is 6.61 Å². The molecule has 96 valence electrons. The summed E-state index contributed by atoms with van der Waals surface area (Å²) in [5.74, 6) is -6.27. The molecular formula is C9H7F5O2S. The minimum absolute atomic E-state index is 0.333. The van der Waals surface area contributed by atoms with Gasteiger partial charge in [0.2, 0.25) is 0 Å². The van der Waals surface area contributed by atoms with Gasteiger partial charge < -0.3 is 4.74 Å². The second-order valence-electron chi connectivity index (χ2n) is 2.99. The number of rotatable bonds is 3. The SMILES string of the molecule is CCOC(=O)C(F)(F)c1cscc1C(F)(F)F. The van der Waals surface area contributed by atoms with Crippen molar-refractivity contribution in [3.63, 3.8) is 0 Å². The van der Waals surface area contributed by atoms with Crippen molar-refractivity contribution in [1.29, 1.82) is 0 Å². The summed E-state index contributed by atoms with van der Waals surface area (Å²) in [6.07, 6.45) is -4.93. The van der Waals surface area contributed by atoms with Crippen molar-refractivity contribution in [3.8, 4) is 0 Å². The molecule has 0 saturated heterocycles. The number of halogens is 5. The van der Waals surface area contributed by atoms with Gasteiger partial charge in [-0.1, -0.05) is 0 Å². The average Bonchev–Trinajstić information content (AvgIpc) is 2.65. The summed E-state index contributed by atoms with van der Waals surface area (Å²) in [5, 5.41) is 1.13. The largest absolute Gasteiger partial charge is 0.461 e. The zero-order valence-corrected chi connectivity index (χ0v) is 9.29. The molecule has 17 heavy (non-hydrogen) atoms. The molecule has 0 aliphatic rings. The summed E-state index contributed by atoms with van der Waals surface area (Å²) in [4.78, 5) is 10.9. The fourth-order valence-corrected chi connectivity index (χ4v) is 1.97. The Morgan fingerprint density at radius 1 is 1.24 bits per heavy atom. The van der Waals surface area contributed by atoms with Crippen LogP contribution >= 0.6 is 11.3 Å². The Hall–Kier alpha value is -1.18. The molecule has 1 aromatic rings. The van der Waals surface area contributed by atoms with Gasteiger partial charge in [-0.3, -0.25) is 0 Å². The van der Waals surface area contributed by atoms with E-state index in [1.807, 2.05) is 0 Å². The molecule has 0 aliphatic heterocycles. The van der Waals surface area contributed by atoms with Crippen LogP contribution < -0.4 is 0 Å². The summed E-state index contributed by atoms with van der Waals surface area (Å²) in [5.41, 5.74) is -2.88. The summed E-state index contributed by atoms with van der Waals surface area (Å²) in [7, 11) is 0. The van der Waals surface area contributed by atoms with Crippen LogP contribution in [0, 0.1) is 0 Å². The van der Waals surface area contributed by atoms with Crippen LogP contribution in [0.25, 0.3) is 0 Å². The predicted octanol–water partition coefficient (Wildman–Crippen LogP) is 3.42. The van der Waals surface area contributed by atoms with Crippen molar-refractivity contribution in [1.82, 2.24) is 0 Å². The number of carbonyl (C=O) groups excluding carboxylic acids is 1. The molecule has 0 amide bonds. The van der Waals surface area contributed by atoms with Gasteiger partial charge in [0.25, 0.3) is 0 Å². The zero-order chi connectivity index (χ0) is 13.3. The van der Waals surface area contributed by atoms with Crippen molar-refractivity contribution < 1.29 is 31.5 Å². The lowest BCUT2D eigenvalue weighted by Gasteiger charge is -2.16. The molecule has 0 fully saturated rings. The Labute approximate surface area is 97.0 Å². The van der Waals surface area contributed by atoms with Crippen molar-refractivity contribution in [2.24, 2.45) is 0 Å². The molecule has 0 aliphatic carbocycles. The van der Waals surface area contributed by atoms with Crippen molar-refractivity contribution >= 4 is 17.3 Å². The van der Waals surface area contributed by atoms with Crippen molar-refractivity contribution in [3.05, 3.63) is 21.9 Å². The standard InChI is InChI=1S/C9H7F5O2S/c1-2-16-7(15)8(10,11)5-3-17-4-6(5)9(12,13)14/h3-4H,2H2,1H3. The van der Waals surface area contributed by atoms with Crippen LogP contribution in [0.5, 0.6) is 0 Å². The lowest BCUT2D eigenvalue weighted by atomic mass is 10.1. The topological polar surface area (TPSA) is 26.3 Å². The number of carbonyl (C=O) groups is 1. The van der Waals surface area contributed by atoms with Crippen LogP contribution in [0.1, 0.15) is 18.1 Å². The molecule has 1 heterocycles. The molecule has 0 spiro atoms. The zero-order valence-electron chi connectivity index (χ0n) is 8.48. The third kappa shape index (κ3) is 2.74. The maximum Gasteiger partial charge on any atom is 0.417 e. The normalized spacial score (nSPS) is 12.6. The molecule has 0 atom stereocenters. The molecule has 0 saturated carbocycles. The Morgan fingerprint density at radius 2 is 1.76 bits per heavy atom. The van der Waals surface area contributed by atoms with Gasteiger partial charge in [-0.15, -0.1) is 0 Å². The molecule has 0 unspecified atom stereocenters. The van der Waals surface area contributed by atoms with E-state index in [2.05, 4.69) is 4.74 Å². The molecule has 1 aromatic heterocycles. The van der Waals surface area contributed by atoms with Gasteiger partial charge in [0.1, 0.15) is 0 Å². The molecule has 2 nitrogen and oxygen atoms in total. The van der Waals surface area contributed by atoms with Crippen LogP contribution in [0.4, 0.5) is 22.0 Å². The summed E-state index contributed by atoms with van der Waals surface area (Å²) in [6.45, 7) is 0.951. The highest BCUT2D eigenvalue weighted by atomic mass is 32.1. The first kappa shape index (κ1) is 13.9. The third-order valence-electron chi connectivity index (χ3n) is 1.84. The fraction of sp³-hybridized carbons (Fsp3) is 0.444. The number of hydrogen-bond acceptors (Lipinski definition) is 3. The van der Waals surface area contributed by atoms with Crippen LogP contribution in [0.15, 0.2) is 10.8 Å². The highest BCUT2D eigenvalue weighted by Gasteiger charge is 2.49. The van der Waals surface area contributed by atoms with Crippen LogP contribution in [0.2, 0.25) is 0 Å². The van der Waals surface area contributed by atoms with Gasteiger partial charge in [-0.25, -0.2) is 4.79 Å². The Balaban J connectivity index is 3.16. The van der Waals surface area contributed by atoms with E-state index in [0.29, 0.717) is 22.1 Å². The van der Waals surface area contributed by atoms with E-state index in [4.69, 9.17) is 0 Å². The Bertz CT molecular complexity index is 410. The van der Waals surface area contributed by atoms with Crippen LogP contribution in [-0.4, -0.2) is 12.6 Å². The molecule has 0 aromatic carbocycles. The molecule has 8 heteroatoms. The molecular weight excluding hydrogens is 267 g/mol. The van der Waals surface area contributed by atoms with E-state index in [1.165, 1.54) is 6.92 Å². The van der Waals surface area contributed by atoms with E-state index in [1.54, 1.807) is 0 Å².